The zero-order chi connectivity index (χ0) is 19.4. The number of nitrogens with two attached hydrogens (primary N) is 1. The van der Waals surface area contributed by atoms with Crippen LogP contribution in [0, 0.1) is 5.41 Å². The van der Waals surface area contributed by atoms with Gasteiger partial charge in [0, 0.05) is 16.9 Å². The lowest BCUT2D eigenvalue weighted by atomic mass is 10.1. The summed E-state index contributed by atoms with van der Waals surface area (Å²) in [5.74, 6) is -1.32. The lowest BCUT2D eigenvalue weighted by molar-refractivity contribution is 0.359. The van der Waals surface area contributed by atoms with E-state index in [1.54, 1.807) is 53.4 Å². The second-order valence-corrected chi connectivity index (χ2v) is 7.71. The number of benzene rings is 3. The molecule has 3 aromatic rings. The molecule has 0 fully saturated rings. The van der Waals surface area contributed by atoms with Gasteiger partial charge in [-0.05, 0) is 29.8 Å². The quantitative estimate of drug-likeness (QED) is 0.293. The van der Waals surface area contributed by atoms with Crippen molar-refractivity contribution >= 4 is 24.8 Å². The summed E-state index contributed by atoms with van der Waals surface area (Å²) in [6.07, 6.45) is 0. The Morgan fingerprint density at radius 2 is 1.30 bits per heavy atom. The molecule has 0 heterocycles. The van der Waals surface area contributed by atoms with Crippen molar-refractivity contribution in [3.05, 3.63) is 96.1 Å². The number of nitrogens with one attached hydrogen (secondary N) is 1. The molecule has 0 saturated heterocycles. The maximum Gasteiger partial charge on any atom is 0.352 e. The topological polar surface area (TPSA) is 111 Å². The van der Waals surface area contributed by atoms with Gasteiger partial charge in [0.25, 0.3) is 0 Å². The first-order valence-electron chi connectivity index (χ1n) is 8.27. The fraction of sp³-hybridized carbons (Fsp3) is 0.0500. The van der Waals surface area contributed by atoms with Crippen molar-refractivity contribution in [1.82, 2.24) is 0 Å². The van der Waals surface area contributed by atoms with Crippen molar-refractivity contribution in [2.75, 3.05) is 4.90 Å². The van der Waals surface area contributed by atoms with Gasteiger partial charge in [0.05, 0.1) is 0 Å². The van der Waals surface area contributed by atoms with E-state index >= 15 is 0 Å². The van der Waals surface area contributed by atoms with E-state index in [9.17, 15) is 14.4 Å². The lowest BCUT2D eigenvalue weighted by Gasteiger charge is -2.34. The van der Waals surface area contributed by atoms with Gasteiger partial charge in [-0.25, -0.2) is 0 Å². The predicted molar refractivity (Wildman–Crippen MR) is 107 cm³/mol. The second-order valence-electron chi connectivity index (χ2n) is 6.04. The molecule has 0 aromatic heterocycles. The Balaban J connectivity index is 2.18. The molecule has 0 aliphatic carbocycles. The van der Waals surface area contributed by atoms with Crippen LogP contribution in [0.5, 0.6) is 0 Å². The average Bonchev–Trinajstić information content (AvgIpc) is 2.66. The maximum atomic E-state index is 12.5. The summed E-state index contributed by atoms with van der Waals surface area (Å²) in [6.45, 7) is 0. The van der Waals surface area contributed by atoms with E-state index in [0.29, 0.717) is 22.5 Å². The molecule has 138 valence electrons. The molecular weight excluding hydrogens is 361 g/mol. The minimum Gasteiger partial charge on any atom is -0.384 e. The van der Waals surface area contributed by atoms with Crippen molar-refractivity contribution < 1.29 is 14.4 Å². The Bertz CT molecular complexity index is 917. The highest BCUT2D eigenvalue weighted by molar-refractivity contribution is 7.52. The van der Waals surface area contributed by atoms with Crippen LogP contribution < -0.4 is 10.6 Å². The van der Waals surface area contributed by atoms with E-state index < -0.39 is 13.4 Å². The van der Waals surface area contributed by atoms with E-state index in [0.717, 1.165) is 0 Å². The highest BCUT2D eigenvalue weighted by Gasteiger charge is 2.37. The zero-order valence-electron chi connectivity index (χ0n) is 14.4. The zero-order valence-corrected chi connectivity index (χ0v) is 15.3. The van der Waals surface area contributed by atoms with E-state index in [4.69, 9.17) is 11.1 Å². The third-order valence-corrected chi connectivity index (χ3v) is 5.32. The normalized spacial score (nSPS) is 12.4. The van der Waals surface area contributed by atoms with Gasteiger partial charge in [0.15, 0.2) is 5.78 Å². The van der Waals surface area contributed by atoms with Gasteiger partial charge >= 0.3 is 7.60 Å². The molecule has 1 atom stereocenters. The van der Waals surface area contributed by atoms with Gasteiger partial charge in [-0.3, -0.25) is 9.97 Å². The SMILES string of the molecule is N=C(N)c1ccc(C(N(c2ccccc2)c2ccccc2)P(=O)(O)O)cc1. The van der Waals surface area contributed by atoms with Crippen LogP contribution in [0.4, 0.5) is 11.4 Å². The number of rotatable bonds is 6. The maximum absolute atomic E-state index is 12.5. The fourth-order valence-corrected chi connectivity index (χ4v) is 4.07. The van der Waals surface area contributed by atoms with Crippen LogP contribution in [-0.4, -0.2) is 15.6 Å². The molecule has 3 rings (SSSR count). The molecule has 0 bridgehead atoms. The van der Waals surface area contributed by atoms with E-state index in [2.05, 4.69) is 0 Å². The summed E-state index contributed by atoms with van der Waals surface area (Å²) in [5.41, 5.74) is 7.73. The average molecular weight is 381 g/mol. The van der Waals surface area contributed by atoms with Crippen LogP contribution in [0.2, 0.25) is 0 Å². The first-order valence-corrected chi connectivity index (χ1v) is 9.95. The monoisotopic (exact) mass is 381 g/mol. The van der Waals surface area contributed by atoms with Crippen LogP contribution in [0.25, 0.3) is 0 Å². The van der Waals surface area contributed by atoms with E-state index in [1.165, 1.54) is 0 Å². The molecule has 0 radical (unpaired) electrons. The third-order valence-electron chi connectivity index (χ3n) is 4.15. The first-order chi connectivity index (χ1) is 12.9. The molecule has 0 amide bonds. The third kappa shape index (κ3) is 4.26. The molecule has 0 spiro atoms. The van der Waals surface area contributed by atoms with Crippen LogP contribution >= 0.6 is 7.60 Å². The number of nitrogens with zero attached hydrogens (tertiary/aromatic N) is 1. The van der Waals surface area contributed by atoms with Crippen molar-refractivity contribution in [3.63, 3.8) is 0 Å². The Morgan fingerprint density at radius 1 is 0.852 bits per heavy atom. The van der Waals surface area contributed by atoms with Crippen molar-refractivity contribution in [2.45, 2.75) is 5.78 Å². The molecule has 0 aliphatic rings. The largest absolute Gasteiger partial charge is 0.384 e. The summed E-state index contributed by atoms with van der Waals surface area (Å²) in [7, 11) is -4.58. The summed E-state index contributed by atoms with van der Waals surface area (Å²) < 4.78 is 12.5. The van der Waals surface area contributed by atoms with Crippen molar-refractivity contribution in [3.8, 4) is 0 Å². The molecule has 1 unspecified atom stereocenters. The Labute approximate surface area is 157 Å². The Kier molecular flexibility index (Phi) is 5.42. The van der Waals surface area contributed by atoms with Gasteiger partial charge in [-0.2, -0.15) is 0 Å². The smallest absolute Gasteiger partial charge is 0.352 e. The Hall–Kier alpha value is -2.92. The molecule has 7 heteroatoms. The van der Waals surface area contributed by atoms with Gasteiger partial charge in [-0.1, -0.05) is 60.7 Å². The minimum atomic E-state index is -4.58. The van der Waals surface area contributed by atoms with Crippen molar-refractivity contribution in [1.29, 1.82) is 5.41 Å². The van der Waals surface area contributed by atoms with Crippen molar-refractivity contribution in [2.24, 2.45) is 5.73 Å². The molecule has 0 aliphatic heterocycles. The van der Waals surface area contributed by atoms with Gasteiger partial charge in [0.1, 0.15) is 5.84 Å². The van der Waals surface area contributed by atoms with Gasteiger partial charge < -0.3 is 20.4 Å². The molecule has 3 aromatic carbocycles. The minimum absolute atomic E-state index is 0.0998. The van der Waals surface area contributed by atoms with Gasteiger partial charge in [-0.15, -0.1) is 0 Å². The van der Waals surface area contributed by atoms with Crippen LogP contribution in [0.15, 0.2) is 84.9 Å². The van der Waals surface area contributed by atoms with Crippen LogP contribution in [0.3, 0.4) is 0 Å². The number of anilines is 2. The highest BCUT2D eigenvalue weighted by Crippen LogP contribution is 2.56. The number of amidine groups is 1. The summed E-state index contributed by atoms with van der Waals surface area (Å²) in [6, 6.07) is 24.6. The summed E-state index contributed by atoms with van der Waals surface area (Å²) in [4.78, 5) is 22.0. The standard InChI is InChI=1S/C20H20N3O3P/c21-19(22)15-11-13-16(14-12-15)20(27(24,25)26)23(17-7-3-1-4-8-17)18-9-5-2-6-10-18/h1-14,20H,(H3,21,22)(H2,24,25,26). The highest BCUT2D eigenvalue weighted by atomic mass is 31.2. The first kappa shape index (κ1) is 18.9. The fourth-order valence-electron chi connectivity index (χ4n) is 2.94. The number of hydrogen-bond donors (Lipinski definition) is 4. The van der Waals surface area contributed by atoms with Crippen LogP contribution in [-0.2, 0) is 4.57 Å². The lowest BCUT2D eigenvalue weighted by Crippen LogP contribution is -2.24. The Morgan fingerprint density at radius 3 is 1.67 bits per heavy atom. The van der Waals surface area contributed by atoms with E-state index in [1.807, 2.05) is 36.4 Å². The molecule has 0 saturated carbocycles. The summed E-state index contributed by atoms with van der Waals surface area (Å²) >= 11 is 0. The number of nitrogen functional groups attached to an aromatic ring is 1. The molecule has 5 N–H and O–H groups in total. The van der Waals surface area contributed by atoms with Crippen LogP contribution in [0.1, 0.15) is 16.9 Å². The number of para-hydroxylation sites is 2. The number of hydrogen-bond acceptors (Lipinski definition) is 3. The predicted octanol–water partition coefficient (Wildman–Crippen LogP) is 3.99. The van der Waals surface area contributed by atoms with Gasteiger partial charge in [0.2, 0.25) is 0 Å². The molecular formula is C20H20N3O3P. The summed E-state index contributed by atoms with van der Waals surface area (Å²) in [5, 5.41) is 7.50. The molecule has 27 heavy (non-hydrogen) atoms. The molecule has 6 nitrogen and oxygen atoms in total. The van der Waals surface area contributed by atoms with E-state index in [-0.39, 0.29) is 5.84 Å². The second kappa shape index (κ2) is 7.76.